The second kappa shape index (κ2) is 48.4. The van der Waals surface area contributed by atoms with Gasteiger partial charge in [0.05, 0.1) is 45.9 Å². The molecule has 0 saturated carbocycles. The van der Waals surface area contributed by atoms with Crippen LogP contribution in [0.15, 0.2) is 0 Å². The molecular weight excluding hydrogens is 1180 g/mol. The molecule has 1 aliphatic heterocycles. The van der Waals surface area contributed by atoms with Gasteiger partial charge in [-0.2, -0.15) is 0 Å². The molecule has 0 aliphatic carbocycles. The summed E-state index contributed by atoms with van der Waals surface area (Å²) < 4.78 is 10.9. The number of nitrogens with one attached hydrogen (secondary N) is 8. The lowest BCUT2D eigenvalue weighted by Crippen LogP contribution is -2.59. The van der Waals surface area contributed by atoms with E-state index in [4.69, 9.17) is 31.2 Å². The van der Waals surface area contributed by atoms with Crippen molar-refractivity contribution in [3.8, 4) is 0 Å². The summed E-state index contributed by atoms with van der Waals surface area (Å²) in [6.07, 6.45) is 18.0. The first-order chi connectivity index (χ1) is 43.2. The van der Waals surface area contributed by atoms with Crippen molar-refractivity contribution in [2.45, 2.75) is 210 Å². The topological polar surface area (TPSA) is 481 Å². The second-order valence-corrected chi connectivity index (χ2v) is 22.5. The van der Waals surface area contributed by atoms with Gasteiger partial charge in [-0.05, 0) is 100 Å². The zero-order valence-corrected chi connectivity index (χ0v) is 52.4. The summed E-state index contributed by atoms with van der Waals surface area (Å²) in [5, 5.41) is 60.0. The Balaban J connectivity index is 1.82. The van der Waals surface area contributed by atoms with E-state index in [9.17, 15) is 62.6 Å². The minimum absolute atomic E-state index is 0.00666. The molecule has 1 saturated heterocycles. The number of carboxylic acid groups (broad SMARTS) is 3. The average molecular weight is 1280 g/mol. The van der Waals surface area contributed by atoms with Crippen molar-refractivity contribution in [1.29, 1.82) is 0 Å². The summed E-state index contributed by atoms with van der Waals surface area (Å²) in [7, 11) is 0. The minimum Gasteiger partial charge on any atom is -0.481 e. The Hall–Kier alpha value is -7.45. The van der Waals surface area contributed by atoms with E-state index in [2.05, 4.69) is 57.8 Å². The summed E-state index contributed by atoms with van der Waals surface area (Å²) in [5.74, 6) is -9.38. The highest BCUT2D eigenvalue weighted by atomic mass is 16.5. The number of tetrazole rings is 1. The van der Waals surface area contributed by atoms with Gasteiger partial charge in [-0.15, -0.1) is 5.10 Å². The summed E-state index contributed by atoms with van der Waals surface area (Å²) in [6.45, 7) is 0.728. The maximum atomic E-state index is 14.0. The third kappa shape index (κ3) is 38.2. The molecule has 0 aromatic carbocycles. The van der Waals surface area contributed by atoms with Crippen molar-refractivity contribution in [2.24, 2.45) is 11.5 Å². The molecule has 0 bridgehead atoms. The van der Waals surface area contributed by atoms with Gasteiger partial charge in [-0.3, -0.25) is 62.4 Å². The third-order valence-electron chi connectivity index (χ3n) is 14.8. The molecule has 5 atom stereocenters. The Kier molecular flexibility index (Phi) is 42.3. The second-order valence-electron chi connectivity index (χ2n) is 22.5. The van der Waals surface area contributed by atoms with E-state index < -0.39 is 116 Å². The van der Waals surface area contributed by atoms with E-state index in [1.54, 1.807) is 0 Å². The monoisotopic (exact) mass is 1280 g/mol. The van der Waals surface area contributed by atoms with Gasteiger partial charge in [0.1, 0.15) is 42.6 Å². The molecule has 1 aromatic rings. The van der Waals surface area contributed by atoms with Gasteiger partial charge >= 0.3 is 17.9 Å². The van der Waals surface area contributed by atoms with Crippen LogP contribution in [0.1, 0.15) is 180 Å². The summed E-state index contributed by atoms with van der Waals surface area (Å²) in [6, 6.07) is -6.73. The van der Waals surface area contributed by atoms with Crippen molar-refractivity contribution in [1.82, 2.24) is 67.6 Å². The predicted molar refractivity (Wildman–Crippen MR) is 325 cm³/mol. The number of nitrogens with zero attached hydrogens (tertiary/aromatic N) is 5. The maximum absolute atomic E-state index is 14.0. The van der Waals surface area contributed by atoms with Crippen LogP contribution < -0.4 is 48.7 Å². The van der Waals surface area contributed by atoms with Gasteiger partial charge < -0.3 is 78.4 Å². The fourth-order valence-corrected chi connectivity index (χ4v) is 10.0. The van der Waals surface area contributed by atoms with Crippen LogP contribution in [-0.2, 0) is 73.4 Å². The first kappa shape index (κ1) is 78.6. The van der Waals surface area contributed by atoms with Crippen molar-refractivity contribution >= 4 is 71.1 Å². The van der Waals surface area contributed by atoms with Crippen LogP contribution in [0.2, 0.25) is 0 Å². The molecule has 9 amide bonds. The van der Waals surface area contributed by atoms with E-state index in [1.807, 2.05) is 0 Å². The molecule has 32 heteroatoms. The quantitative estimate of drug-likeness (QED) is 0.0364. The molecule has 1 aliphatic rings. The lowest BCUT2D eigenvalue weighted by atomic mass is 10.0. The van der Waals surface area contributed by atoms with Crippen LogP contribution >= 0.6 is 0 Å². The highest BCUT2D eigenvalue weighted by molar-refractivity contribution is 5.97. The molecule has 2 heterocycles. The number of amides is 9. The SMILES string of the molecule is CC(=O)N1CCC[C@H]1C(=O)N[C@@H](CCCCN)C(=O)N[C@@H](CC(=O)O)C(=O)N[C@@H](CCCCNC(=O)CN(CC(=O)O)CC(=O)O)C(=O)N[C@@H](CCCCNC(=O)COCCOCCNC(=O)CCCCCCCCCCCCCCCc1nnn[nH]1)C(N)=O. The van der Waals surface area contributed by atoms with Gasteiger partial charge in [0.2, 0.25) is 53.2 Å². The number of hydrogen-bond donors (Lipinski definition) is 13. The van der Waals surface area contributed by atoms with Gasteiger partial charge in [-0.25, -0.2) is 5.10 Å². The largest absolute Gasteiger partial charge is 0.481 e. The number of aryl methyl sites for hydroxylation is 1. The standard InChI is InChI=1S/C58H101N15O17/c1-41(74)73-32-21-25-46(73)58(88)66-44(23-15-18-28-59)56(86)67-45(36-51(78)79)57(87)65-43(24-17-20-29-61-49(76)37-72(38-52(80)81)39-53(82)83)55(85)64-42(54(60)84)22-16-19-30-62-50(77)40-90-35-34-89-33-31-63-48(75)27-14-12-10-8-6-4-2-3-5-7-9-11-13-26-47-68-70-71-69-47/h42-46H,2-40,59H2,1H3,(H2,60,84)(H,61,76)(H,62,77)(H,63,75)(H,64,85)(H,65,87)(H,66,88)(H,67,86)(H,78,79)(H,80,81)(H,82,83)(H,68,69,70,71)/t42-,43-,44-,45-,46-/m0/s1. The first-order valence-electron chi connectivity index (χ1n) is 31.7. The smallest absolute Gasteiger partial charge is 0.317 e. The number of likely N-dealkylation sites (tertiary alicyclic amines) is 1. The van der Waals surface area contributed by atoms with Crippen molar-refractivity contribution < 1.29 is 82.3 Å². The molecule has 32 nitrogen and oxygen atoms in total. The first-order valence-corrected chi connectivity index (χ1v) is 31.7. The summed E-state index contributed by atoms with van der Waals surface area (Å²) >= 11 is 0. The number of H-pyrrole nitrogens is 1. The lowest BCUT2D eigenvalue weighted by molar-refractivity contribution is -0.143. The number of rotatable bonds is 55. The summed E-state index contributed by atoms with van der Waals surface area (Å²) in [4.78, 5) is 154. The number of aliphatic carboxylic acids is 3. The molecule has 0 spiro atoms. The number of aromatic amines is 1. The average Bonchev–Trinajstić information content (AvgIpc) is 3.67. The molecule has 1 aromatic heterocycles. The number of unbranched alkanes of at least 4 members (excludes halogenated alkanes) is 15. The maximum Gasteiger partial charge on any atom is 0.317 e. The van der Waals surface area contributed by atoms with Crippen molar-refractivity contribution in [3.63, 3.8) is 0 Å². The lowest BCUT2D eigenvalue weighted by Gasteiger charge is -2.27. The number of primary amides is 1. The van der Waals surface area contributed by atoms with Gasteiger partial charge in [0.15, 0.2) is 0 Å². The number of carbonyl (C=O) groups is 12. The minimum atomic E-state index is -1.81. The highest BCUT2D eigenvalue weighted by Crippen LogP contribution is 2.19. The number of ether oxygens (including phenoxy) is 2. The molecule has 0 unspecified atom stereocenters. The van der Waals surface area contributed by atoms with Crippen LogP contribution in [0, 0.1) is 0 Å². The molecule has 2 rings (SSSR count). The number of aromatic nitrogens is 4. The Morgan fingerprint density at radius 1 is 0.578 bits per heavy atom. The van der Waals surface area contributed by atoms with Crippen LogP contribution in [0.4, 0.5) is 0 Å². The van der Waals surface area contributed by atoms with E-state index in [0.29, 0.717) is 51.6 Å². The zero-order valence-electron chi connectivity index (χ0n) is 52.4. The normalized spacial score (nSPS) is 14.2. The number of carbonyl (C=O) groups excluding carboxylic acids is 9. The molecule has 1 fully saturated rings. The van der Waals surface area contributed by atoms with E-state index in [0.717, 1.165) is 42.8 Å². The Labute approximate surface area is 526 Å². The number of hydrogen-bond acceptors (Lipinski definition) is 19. The van der Waals surface area contributed by atoms with Crippen molar-refractivity contribution in [2.75, 3.05) is 78.8 Å². The third-order valence-corrected chi connectivity index (χ3v) is 14.8. The highest BCUT2D eigenvalue weighted by Gasteiger charge is 2.36. The van der Waals surface area contributed by atoms with Gasteiger partial charge in [-0.1, -0.05) is 70.6 Å². The molecular formula is C58H101N15O17. The molecule has 0 radical (unpaired) electrons. The number of carboxylic acids is 3. The van der Waals surface area contributed by atoms with Crippen LogP contribution in [0.25, 0.3) is 0 Å². The van der Waals surface area contributed by atoms with E-state index in [1.165, 1.54) is 69.6 Å². The van der Waals surface area contributed by atoms with E-state index in [-0.39, 0.29) is 96.4 Å². The number of nitrogens with two attached hydrogens (primary N) is 2. The summed E-state index contributed by atoms with van der Waals surface area (Å²) in [5.41, 5.74) is 11.3. The van der Waals surface area contributed by atoms with Crippen LogP contribution in [-0.4, -0.2) is 226 Å². The molecule has 90 heavy (non-hydrogen) atoms. The fraction of sp³-hybridized carbons (Fsp3) is 0.776. The Morgan fingerprint density at radius 2 is 1.09 bits per heavy atom. The fourth-order valence-electron chi connectivity index (χ4n) is 10.0. The van der Waals surface area contributed by atoms with Gasteiger partial charge in [0.25, 0.3) is 0 Å². The van der Waals surface area contributed by atoms with Crippen molar-refractivity contribution in [3.05, 3.63) is 5.82 Å². The zero-order chi connectivity index (χ0) is 66.3. The Bertz CT molecular complexity index is 2320. The molecule has 15 N–H and O–H groups in total. The van der Waals surface area contributed by atoms with Crippen LogP contribution in [0.3, 0.4) is 0 Å². The van der Waals surface area contributed by atoms with Gasteiger partial charge in [0, 0.05) is 45.9 Å². The van der Waals surface area contributed by atoms with Crippen LogP contribution in [0.5, 0.6) is 0 Å². The predicted octanol–water partition coefficient (Wildman–Crippen LogP) is -0.564. The Morgan fingerprint density at radius 3 is 1.64 bits per heavy atom. The van der Waals surface area contributed by atoms with E-state index >= 15 is 0 Å². The molecule has 510 valence electrons.